The van der Waals surface area contributed by atoms with E-state index in [1.54, 1.807) is 13.1 Å². The quantitative estimate of drug-likeness (QED) is 0.393. The SMILES string of the molecule is CCOC(=O)c1nn(-c2ccccc2)cc1/C=N\O. The molecule has 6 nitrogen and oxygen atoms in total. The lowest BCUT2D eigenvalue weighted by molar-refractivity contribution is 0.0519. The number of rotatable bonds is 4. The number of para-hydroxylation sites is 1. The molecule has 0 aliphatic heterocycles. The second kappa shape index (κ2) is 5.81. The maximum atomic E-state index is 11.7. The number of hydrogen-bond acceptors (Lipinski definition) is 5. The number of esters is 1. The number of oxime groups is 1. The maximum absolute atomic E-state index is 11.7. The first-order chi connectivity index (χ1) is 9.26. The number of aromatic nitrogens is 2. The zero-order valence-corrected chi connectivity index (χ0v) is 10.4. The average Bonchev–Trinajstić information content (AvgIpc) is 2.85. The van der Waals surface area contributed by atoms with Crippen molar-refractivity contribution in [3.05, 3.63) is 47.8 Å². The minimum Gasteiger partial charge on any atom is -0.461 e. The van der Waals surface area contributed by atoms with Gasteiger partial charge in [-0.1, -0.05) is 23.4 Å². The fourth-order valence-electron chi connectivity index (χ4n) is 1.62. The number of nitrogens with zero attached hydrogens (tertiary/aromatic N) is 3. The molecule has 2 aromatic rings. The lowest BCUT2D eigenvalue weighted by atomic mass is 10.2. The van der Waals surface area contributed by atoms with Gasteiger partial charge in [-0.2, -0.15) is 5.10 Å². The highest BCUT2D eigenvalue weighted by atomic mass is 16.5. The molecular weight excluding hydrogens is 246 g/mol. The fraction of sp³-hybridized carbons (Fsp3) is 0.154. The van der Waals surface area contributed by atoms with Crippen LogP contribution < -0.4 is 0 Å². The number of carbonyl (C=O) groups excluding carboxylic acids is 1. The van der Waals surface area contributed by atoms with Gasteiger partial charge in [0.2, 0.25) is 0 Å². The zero-order valence-electron chi connectivity index (χ0n) is 10.4. The highest BCUT2D eigenvalue weighted by molar-refractivity contribution is 5.97. The van der Waals surface area contributed by atoms with Crippen molar-refractivity contribution in [3.63, 3.8) is 0 Å². The van der Waals surface area contributed by atoms with Gasteiger partial charge in [0.1, 0.15) is 0 Å². The van der Waals surface area contributed by atoms with Gasteiger partial charge >= 0.3 is 5.97 Å². The third-order valence-electron chi connectivity index (χ3n) is 2.43. The van der Waals surface area contributed by atoms with Crippen molar-refractivity contribution >= 4 is 12.2 Å². The molecule has 0 unspecified atom stereocenters. The van der Waals surface area contributed by atoms with E-state index in [4.69, 9.17) is 9.94 Å². The summed E-state index contributed by atoms with van der Waals surface area (Å²) in [5, 5.41) is 15.7. The zero-order chi connectivity index (χ0) is 13.7. The van der Waals surface area contributed by atoms with Crippen molar-refractivity contribution < 1.29 is 14.7 Å². The normalized spacial score (nSPS) is 10.8. The molecule has 6 heteroatoms. The summed E-state index contributed by atoms with van der Waals surface area (Å²) in [6.45, 7) is 1.97. The lowest BCUT2D eigenvalue weighted by Crippen LogP contribution is -2.08. The van der Waals surface area contributed by atoms with Gasteiger partial charge in [0, 0.05) is 11.8 Å². The van der Waals surface area contributed by atoms with E-state index in [2.05, 4.69) is 10.3 Å². The first-order valence-corrected chi connectivity index (χ1v) is 5.76. The van der Waals surface area contributed by atoms with Gasteiger partial charge in [-0.15, -0.1) is 0 Å². The molecule has 1 aromatic carbocycles. The van der Waals surface area contributed by atoms with Crippen molar-refractivity contribution in [1.29, 1.82) is 0 Å². The Labute approximate surface area is 109 Å². The summed E-state index contributed by atoms with van der Waals surface area (Å²) in [7, 11) is 0. The van der Waals surface area contributed by atoms with E-state index >= 15 is 0 Å². The largest absolute Gasteiger partial charge is 0.461 e. The first-order valence-electron chi connectivity index (χ1n) is 5.76. The molecular formula is C13H13N3O3. The third kappa shape index (κ3) is 2.79. The molecule has 1 heterocycles. The monoisotopic (exact) mass is 259 g/mol. The molecule has 0 spiro atoms. The van der Waals surface area contributed by atoms with Crippen LogP contribution in [0.15, 0.2) is 41.7 Å². The highest BCUT2D eigenvalue weighted by Crippen LogP contribution is 2.12. The molecule has 98 valence electrons. The van der Waals surface area contributed by atoms with Gasteiger partial charge in [-0.3, -0.25) is 0 Å². The summed E-state index contributed by atoms with van der Waals surface area (Å²) in [6.07, 6.45) is 2.75. The van der Waals surface area contributed by atoms with Crippen LogP contribution in [0, 0.1) is 0 Å². The van der Waals surface area contributed by atoms with Crippen molar-refractivity contribution in [2.75, 3.05) is 6.61 Å². The Balaban J connectivity index is 2.43. The molecule has 19 heavy (non-hydrogen) atoms. The van der Waals surface area contributed by atoms with E-state index < -0.39 is 5.97 Å². The minimum atomic E-state index is -0.549. The maximum Gasteiger partial charge on any atom is 0.359 e. The predicted octanol–water partition coefficient (Wildman–Crippen LogP) is 1.86. The van der Waals surface area contributed by atoms with E-state index in [1.807, 2.05) is 30.3 Å². The summed E-state index contributed by atoms with van der Waals surface area (Å²) in [5.74, 6) is -0.549. The average molecular weight is 259 g/mol. The topological polar surface area (TPSA) is 76.7 Å². The van der Waals surface area contributed by atoms with E-state index in [0.717, 1.165) is 11.9 Å². The second-order valence-corrected chi connectivity index (χ2v) is 3.68. The number of hydrogen-bond donors (Lipinski definition) is 1. The van der Waals surface area contributed by atoms with Crippen molar-refractivity contribution in [2.24, 2.45) is 5.16 Å². The second-order valence-electron chi connectivity index (χ2n) is 3.68. The van der Waals surface area contributed by atoms with Crippen LogP contribution >= 0.6 is 0 Å². The van der Waals surface area contributed by atoms with Crippen molar-refractivity contribution in [3.8, 4) is 5.69 Å². The van der Waals surface area contributed by atoms with Crippen LogP contribution in [0.5, 0.6) is 0 Å². The summed E-state index contributed by atoms with van der Waals surface area (Å²) in [5.41, 5.74) is 1.30. The molecule has 0 saturated heterocycles. The molecule has 0 atom stereocenters. The van der Waals surface area contributed by atoms with Crippen molar-refractivity contribution in [2.45, 2.75) is 6.92 Å². The first kappa shape index (κ1) is 12.8. The molecule has 0 bridgehead atoms. The lowest BCUT2D eigenvalue weighted by Gasteiger charge is -2.00. The van der Waals surface area contributed by atoms with Crippen LogP contribution in [0.3, 0.4) is 0 Å². The van der Waals surface area contributed by atoms with Crippen LogP contribution in [0.1, 0.15) is 23.0 Å². The Bertz CT molecular complexity index is 590. The van der Waals surface area contributed by atoms with Gasteiger partial charge in [-0.05, 0) is 19.1 Å². The van der Waals surface area contributed by atoms with Crippen LogP contribution in [0.4, 0.5) is 0 Å². The third-order valence-corrected chi connectivity index (χ3v) is 2.43. The number of carbonyl (C=O) groups is 1. The van der Waals surface area contributed by atoms with Gasteiger partial charge in [0.15, 0.2) is 5.69 Å². The van der Waals surface area contributed by atoms with E-state index in [1.165, 1.54) is 4.68 Å². The summed E-state index contributed by atoms with van der Waals surface area (Å²) >= 11 is 0. The van der Waals surface area contributed by atoms with Crippen LogP contribution in [-0.4, -0.2) is 33.8 Å². The molecule has 0 fully saturated rings. The number of benzene rings is 1. The van der Waals surface area contributed by atoms with E-state index in [0.29, 0.717) is 5.56 Å². The Morgan fingerprint density at radius 1 is 1.47 bits per heavy atom. The Hall–Kier alpha value is -2.63. The van der Waals surface area contributed by atoms with Crippen LogP contribution in [0.25, 0.3) is 5.69 Å². The predicted molar refractivity (Wildman–Crippen MR) is 68.9 cm³/mol. The molecule has 0 amide bonds. The molecule has 1 aromatic heterocycles. The molecule has 1 N–H and O–H groups in total. The van der Waals surface area contributed by atoms with Crippen LogP contribution in [-0.2, 0) is 4.74 Å². The summed E-state index contributed by atoms with van der Waals surface area (Å²) in [4.78, 5) is 11.7. The highest BCUT2D eigenvalue weighted by Gasteiger charge is 2.17. The van der Waals surface area contributed by atoms with Gasteiger partial charge in [0.05, 0.1) is 18.5 Å². The Kier molecular flexibility index (Phi) is 3.92. The van der Waals surface area contributed by atoms with Crippen LogP contribution in [0.2, 0.25) is 0 Å². The van der Waals surface area contributed by atoms with Gasteiger partial charge in [-0.25, -0.2) is 9.48 Å². The summed E-state index contributed by atoms with van der Waals surface area (Å²) in [6, 6.07) is 9.31. The number of ether oxygens (including phenoxy) is 1. The van der Waals surface area contributed by atoms with E-state index in [9.17, 15) is 4.79 Å². The smallest absolute Gasteiger partial charge is 0.359 e. The fourth-order valence-corrected chi connectivity index (χ4v) is 1.62. The van der Waals surface area contributed by atoms with Gasteiger partial charge < -0.3 is 9.94 Å². The minimum absolute atomic E-state index is 0.114. The summed E-state index contributed by atoms with van der Waals surface area (Å²) < 4.78 is 6.44. The molecule has 2 rings (SSSR count). The Morgan fingerprint density at radius 2 is 2.21 bits per heavy atom. The molecule has 0 saturated carbocycles. The molecule has 0 aliphatic rings. The molecule has 0 aliphatic carbocycles. The van der Waals surface area contributed by atoms with Gasteiger partial charge in [0.25, 0.3) is 0 Å². The van der Waals surface area contributed by atoms with E-state index in [-0.39, 0.29) is 12.3 Å². The Morgan fingerprint density at radius 3 is 2.84 bits per heavy atom. The molecule has 0 radical (unpaired) electrons. The van der Waals surface area contributed by atoms with Crippen molar-refractivity contribution in [1.82, 2.24) is 9.78 Å². The standard InChI is InChI=1S/C13H13N3O3/c1-2-19-13(17)12-10(8-14-18)9-16(15-12)11-6-4-3-5-7-11/h3-9,18H,2H2,1H3/b14-8-.